The molecule has 232 valence electrons. The molecule has 4 rings (SSSR count). The summed E-state index contributed by atoms with van der Waals surface area (Å²) in [7, 11) is 0. The number of nitrogens with one attached hydrogen (secondary N) is 2. The number of para-hydroxylation sites is 1. The molecule has 2 aliphatic rings. The number of carbonyl (C=O) groups excluding carboxylic acids is 1. The van der Waals surface area contributed by atoms with E-state index in [0.29, 0.717) is 37.1 Å². The maximum atomic E-state index is 13.0. The maximum absolute atomic E-state index is 13.0. The molecule has 9 nitrogen and oxygen atoms in total. The minimum atomic E-state index is -0.175. The van der Waals surface area contributed by atoms with Crippen molar-refractivity contribution in [2.45, 2.75) is 96.6 Å². The summed E-state index contributed by atoms with van der Waals surface area (Å²) in [6.07, 6.45) is 11.1. The first kappa shape index (κ1) is 32.2. The van der Waals surface area contributed by atoms with Crippen LogP contribution in [0.25, 0.3) is 0 Å². The molecule has 0 bridgehead atoms. The molecule has 2 heterocycles. The Hall–Kier alpha value is -2.72. The van der Waals surface area contributed by atoms with Gasteiger partial charge in [-0.3, -0.25) is 9.69 Å². The molecule has 0 radical (unpaired) electrons. The molecular weight excluding hydrogens is 530 g/mol. The second kappa shape index (κ2) is 17.4. The number of hydrogen-bond donors (Lipinski definition) is 3. The molecule has 1 aliphatic heterocycles. The molecule has 1 aliphatic carbocycles. The van der Waals surface area contributed by atoms with Crippen LogP contribution in [0.5, 0.6) is 11.6 Å². The Morgan fingerprint density at radius 1 is 1.21 bits per heavy atom. The Morgan fingerprint density at radius 2 is 2.02 bits per heavy atom. The number of pyridine rings is 1. The van der Waals surface area contributed by atoms with Gasteiger partial charge in [0.25, 0.3) is 0 Å². The maximum Gasteiger partial charge on any atom is 0.220 e. The van der Waals surface area contributed by atoms with Gasteiger partial charge < -0.3 is 30.6 Å². The molecule has 1 saturated heterocycles. The number of morpholine rings is 1. The Kier molecular flexibility index (Phi) is 13.3. The number of nitrogen functional groups attached to an aromatic ring is 1. The van der Waals surface area contributed by atoms with Gasteiger partial charge in [0, 0.05) is 57.4 Å². The lowest BCUT2D eigenvalue weighted by molar-refractivity contribution is -0.180. The van der Waals surface area contributed by atoms with E-state index in [1.165, 1.54) is 32.1 Å². The van der Waals surface area contributed by atoms with Crippen LogP contribution in [0.1, 0.15) is 77.2 Å². The zero-order valence-electron chi connectivity index (χ0n) is 25.6. The van der Waals surface area contributed by atoms with Crippen molar-refractivity contribution in [2.24, 2.45) is 5.92 Å². The molecule has 3 unspecified atom stereocenters. The number of carbonyl (C=O) groups is 1. The second-order valence-electron chi connectivity index (χ2n) is 11.8. The number of unbranched alkanes of at least 4 members (excludes halogenated alkanes) is 1. The molecule has 0 spiro atoms. The molecule has 4 N–H and O–H groups in total. The molecule has 1 aromatic heterocycles. The Bertz CT molecular complexity index is 1070. The fourth-order valence-corrected chi connectivity index (χ4v) is 5.95. The topological polar surface area (TPSA) is 111 Å². The van der Waals surface area contributed by atoms with E-state index in [4.69, 9.17) is 19.9 Å². The van der Waals surface area contributed by atoms with Crippen LogP contribution < -0.4 is 21.1 Å². The fraction of sp³-hybridized carbons (Fsp3) is 0.636. The molecule has 3 atom stereocenters. The highest BCUT2D eigenvalue weighted by atomic mass is 16.7. The van der Waals surface area contributed by atoms with Crippen LogP contribution in [0.3, 0.4) is 0 Å². The minimum absolute atomic E-state index is 0.0626. The highest BCUT2D eigenvalue weighted by Crippen LogP contribution is 2.29. The van der Waals surface area contributed by atoms with Gasteiger partial charge >= 0.3 is 0 Å². The Labute approximate surface area is 251 Å². The summed E-state index contributed by atoms with van der Waals surface area (Å²) in [5.41, 5.74) is 7.89. The van der Waals surface area contributed by atoms with E-state index in [1.54, 1.807) is 6.20 Å². The first-order valence-electron chi connectivity index (χ1n) is 16.0. The van der Waals surface area contributed by atoms with E-state index in [9.17, 15) is 4.79 Å². The number of anilines is 1. The summed E-state index contributed by atoms with van der Waals surface area (Å²) in [4.78, 5) is 19.7. The van der Waals surface area contributed by atoms with Crippen molar-refractivity contribution >= 4 is 11.6 Å². The predicted molar refractivity (Wildman–Crippen MR) is 166 cm³/mol. The van der Waals surface area contributed by atoms with Crippen molar-refractivity contribution in [2.75, 3.05) is 38.6 Å². The van der Waals surface area contributed by atoms with Gasteiger partial charge in [0.05, 0.1) is 18.5 Å². The Morgan fingerprint density at radius 3 is 2.81 bits per heavy atom. The van der Waals surface area contributed by atoms with Crippen molar-refractivity contribution in [3.8, 4) is 11.6 Å². The number of aromatic nitrogens is 1. The summed E-state index contributed by atoms with van der Waals surface area (Å²) < 4.78 is 17.5. The first-order valence-corrected chi connectivity index (χ1v) is 16.0. The van der Waals surface area contributed by atoms with Gasteiger partial charge in [-0.05, 0) is 56.2 Å². The lowest BCUT2D eigenvalue weighted by atomic mass is 9.82. The van der Waals surface area contributed by atoms with Crippen LogP contribution in [0.2, 0.25) is 0 Å². The summed E-state index contributed by atoms with van der Waals surface area (Å²) >= 11 is 0. The summed E-state index contributed by atoms with van der Waals surface area (Å²) in [5, 5.41) is 6.99. The van der Waals surface area contributed by atoms with Crippen LogP contribution in [-0.2, 0) is 20.8 Å². The molecular formula is C33H51N5O4. The Balaban J connectivity index is 1.26. The number of nitrogens with zero attached hydrogens (tertiary/aromatic N) is 2. The van der Waals surface area contributed by atoms with Crippen LogP contribution in [0.15, 0.2) is 42.6 Å². The van der Waals surface area contributed by atoms with Crippen LogP contribution in [0.4, 0.5) is 5.69 Å². The third kappa shape index (κ3) is 10.8. The molecule has 9 heteroatoms. The lowest BCUT2D eigenvalue weighted by Gasteiger charge is -2.34. The van der Waals surface area contributed by atoms with Crippen LogP contribution in [0, 0.1) is 5.92 Å². The SMILES string of the molecule is CCCCOC1CN(CC(C)NC(=O)CCC(NCc2cc(Oc3ccccc3)ncc2N)C2CCCCC2)CCO1. The average molecular weight is 582 g/mol. The van der Waals surface area contributed by atoms with E-state index < -0.39 is 0 Å². The van der Waals surface area contributed by atoms with Crippen LogP contribution >= 0.6 is 0 Å². The third-order valence-corrected chi connectivity index (χ3v) is 8.28. The molecule has 2 fully saturated rings. The van der Waals surface area contributed by atoms with Gasteiger partial charge in [-0.2, -0.15) is 0 Å². The van der Waals surface area contributed by atoms with E-state index in [2.05, 4.69) is 34.4 Å². The van der Waals surface area contributed by atoms with E-state index in [-0.39, 0.29) is 24.3 Å². The monoisotopic (exact) mass is 581 g/mol. The lowest BCUT2D eigenvalue weighted by Crippen LogP contribution is -2.49. The minimum Gasteiger partial charge on any atom is -0.439 e. The quantitative estimate of drug-likeness (QED) is 0.231. The number of nitrogens with two attached hydrogens (primary N) is 1. The van der Waals surface area contributed by atoms with E-state index in [0.717, 1.165) is 56.8 Å². The normalized spacial score (nSPS) is 19.7. The number of hydrogen-bond acceptors (Lipinski definition) is 8. The highest BCUT2D eigenvalue weighted by molar-refractivity contribution is 5.76. The number of benzene rings is 1. The zero-order valence-corrected chi connectivity index (χ0v) is 25.6. The molecule has 1 saturated carbocycles. The van der Waals surface area contributed by atoms with Crippen molar-refractivity contribution in [1.82, 2.24) is 20.5 Å². The summed E-state index contributed by atoms with van der Waals surface area (Å²) in [5.74, 6) is 1.93. The average Bonchev–Trinajstić information content (AvgIpc) is 3.00. The van der Waals surface area contributed by atoms with E-state index >= 15 is 0 Å². The fourth-order valence-electron chi connectivity index (χ4n) is 5.95. The van der Waals surface area contributed by atoms with Gasteiger partial charge in [-0.1, -0.05) is 50.8 Å². The number of amides is 1. The number of rotatable bonds is 16. The largest absolute Gasteiger partial charge is 0.439 e. The second-order valence-corrected chi connectivity index (χ2v) is 11.8. The van der Waals surface area contributed by atoms with Crippen molar-refractivity contribution in [1.29, 1.82) is 0 Å². The molecule has 2 aromatic rings. The highest BCUT2D eigenvalue weighted by Gasteiger charge is 2.26. The number of ether oxygens (including phenoxy) is 3. The summed E-state index contributed by atoms with van der Waals surface area (Å²) in [6, 6.07) is 11.8. The smallest absolute Gasteiger partial charge is 0.220 e. The van der Waals surface area contributed by atoms with Gasteiger partial charge in [0.15, 0.2) is 6.29 Å². The van der Waals surface area contributed by atoms with E-state index in [1.807, 2.05) is 36.4 Å². The summed E-state index contributed by atoms with van der Waals surface area (Å²) in [6.45, 7) is 8.63. The predicted octanol–water partition coefficient (Wildman–Crippen LogP) is 5.25. The molecule has 42 heavy (non-hydrogen) atoms. The standard InChI is InChI=1S/C33H51N5O4/c1-3-4-18-40-33-24-38(17-19-41-33)23-25(2)37-31(39)16-15-30(26-11-7-5-8-12-26)35-21-27-20-32(36-22-29(27)34)42-28-13-9-6-10-14-28/h6,9-10,13-14,20,22,25-26,30,33,35H,3-5,7-8,11-12,15-19,21,23-24,34H2,1-2H3,(H,37,39). The first-order chi connectivity index (χ1) is 20.5. The van der Waals surface area contributed by atoms with Gasteiger partial charge in [-0.15, -0.1) is 0 Å². The van der Waals surface area contributed by atoms with Gasteiger partial charge in [0.2, 0.25) is 11.8 Å². The van der Waals surface area contributed by atoms with Crippen molar-refractivity contribution in [3.05, 3.63) is 48.2 Å². The van der Waals surface area contributed by atoms with Gasteiger partial charge in [-0.25, -0.2) is 4.98 Å². The van der Waals surface area contributed by atoms with Crippen molar-refractivity contribution < 1.29 is 19.0 Å². The molecule has 1 amide bonds. The van der Waals surface area contributed by atoms with Crippen LogP contribution in [-0.4, -0.2) is 67.0 Å². The third-order valence-electron chi connectivity index (χ3n) is 8.28. The van der Waals surface area contributed by atoms with Gasteiger partial charge in [0.1, 0.15) is 5.75 Å². The zero-order chi connectivity index (χ0) is 29.6. The van der Waals surface area contributed by atoms with Crippen molar-refractivity contribution in [3.63, 3.8) is 0 Å². The molecule has 1 aromatic carbocycles.